The van der Waals surface area contributed by atoms with Crippen LogP contribution in [0.3, 0.4) is 0 Å². The van der Waals surface area contributed by atoms with E-state index >= 15 is 0 Å². The third kappa shape index (κ3) is 4.34. The minimum absolute atomic E-state index is 0.215. The highest BCUT2D eigenvalue weighted by molar-refractivity contribution is 6.34. The second kappa shape index (κ2) is 6.06. The van der Waals surface area contributed by atoms with Crippen LogP contribution in [0.15, 0.2) is 11.5 Å². The highest BCUT2D eigenvalue weighted by atomic mass is 16.6. The summed E-state index contributed by atoms with van der Waals surface area (Å²) in [6.45, 7) is 14.4. The smallest absolute Gasteiger partial charge is 0.410 e. The normalized spacial score (nSPS) is 20.3. The van der Waals surface area contributed by atoms with Gasteiger partial charge in [0.15, 0.2) is 0 Å². The summed E-state index contributed by atoms with van der Waals surface area (Å²) < 4.78 is 11.1. The molecule has 1 saturated carbocycles. The number of allylic oxidation sites excluding steroid dienone is 1. The van der Waals surface area contributed by atoms with Crippen molar-refractivity contribution in [2.45, 2.75) is 78.1 Å². The molecule has 1 aliphatic carbocycles. The van der Waals surface area contributed by atoms with Gasteiger partial charge in [0.1, 0.15) is 5.60 Å². The number of hydrogen-bond acceptors (Lipinski definition) is 4. The summed E-state index contributed by atoms with van der Waals surface area (Å²) in [5, 5.41) is 10.1. The second-order valence-corrected chi connectivity index (χ2v) is 9.34. The Balaban J connectivity index is 1.72. The topological polar surface area (TPSA) is 59.0 Å². The molecule has 2 fully saturated rings. The SMILES string of the molecule is CC(C)(C)OC(=O)N1CC2(CC(=C[B]OC(C)(C)C(C)(C)O)C2)C1. The van der Waals surface area contributed by atoms with Crippen LogP contribution >= 0.6 is 0 Å². The van der Waals surface area contributed by atoms with E-state index in [-0.39, 0.29) is 11.5 Å². The molecule has 2 rings (SSSR count). The lowest BCUT2D eigenvalue weighted by Crippen LogP contribution is -2.62. The van der Waals surface area contributed by atoms with Crippen LogP contribution in [0.2, 0.25) is 0 Å². The first kappa shape index (κ1) is 19.3. The summed E-state index contributed by atoms with van der Waals surface area (Å²) in [5.74, 6) is 1.99. The van der Waals surface area contributed by atoms with Crippen molar-refractivity contribution >= 4 is 13.6 Å². The van der Waals surface area contributed by atoms with Gasteiger partial charge in [0.05, 0.1) is 11.2 Å². The first-order valence-corrected chi connectivity index (χ1v) is 8.63. The standard InChI is InChI=1S/C18H31BNO4/c1-15(2,3)23-14(21)20-11-18(12-20)8-13(9-18)10-19-24-17(6,7)16(4,5)22/h10,22H,8-9,11-12H2,1-7H3. The molecule has 0 unspecified atom stereocenters. The fraction of sp³-hybridized carbons (Fsp3) is 0.833. The second-order valence-electron chi connectivity index (χ2n) is 9.34. The van der Waals surface area contributed by atoms with E-state index < -0.39 is 16.8 Å². The molecule has 1 N–H and O–H groups in total. The lowest BCUT2D eigenvalue weighted by Gasteiger charge is -2.56. The summed E-state index contributed by atoms with van der Waals surface area (Å²) in [6.07, 6.45) is 1.77. The van der Waals surface area contributed by atoms with Gasteiger partial charge >= 0.3 is 13.6 Å². The number of amides is 1. The van der Waals surface area contributed by atoms with Crippen molar-refractivity contribution in [2.75, 3.05) is 13.1 Å². The maximum absolute atomic E-state index is 12.0. The van der Waals surface area contributed by atoms with Gasteiger partial charge in [-0.15, -0.1) is 0 Å². The zero-order valence-corrected chi connectivity index (χ0v) is 16.1. The van der Waals surface area contributed by atoms with E-state index in [9.17, 15) is 9.90 Å². The van der Waals surface area contributed by atoms with Crippen LogP contribution < -0.4 is 0 Å². The third-order valence-corrected chi connectivity index (χ3v) is 5.05. The number of aliphatic hydroxyl groups is 1. The Morgan fingerprint density at radius 3 is 2.17 bits per heavy atom. The van der Waals surface area contributed by atoms with Crippen molar-refractivity contribution in [1.82, 2.24) is 4.90 Å². The van der Waals surface area contributed by atoms with Gasteiger partial charge in [0, 0.05) is 18.5 Å². The van der Waals surface area contributed by atoms with Crippen molar-refractivity contribution in [3.8, 4) is 0 Å². The van der Waals surface area contributed by atoms with Gasteiger partial charge in [-0.25, -0.2) is 4.79 Å². The number of rotatable bonds is 4. The fourth-order valence-corrected chi connectivity index (χ4v) is 2.92. The Morgan fingerprint density at radius 1 is 1.17 bits per heavy atom. The summed E-state index contributed by atoms with van der Waals surface area (Å²) in [6, 6.07) is 0. The molecule has 1 spiro atoms. The van der Waals surface area contributed by atoms with Gasteiger partial charge in [0.25, 0.3) is 0 Å². The van der Waals surface area contributed by atoms with Crippen molar-refractivity contribution < 1.29 is 19.3 Å². The van der Waals surface area contributed by atoms with Crippen LogP contribution in [0.25, 0.3) is 0 Å². The molecule has 135 valence electrons. The van der Waals surface area contributed by atoms with Gasteiger partial charge in [-0.1, -0.05) is 11.5 Å². The number of nitrogens with zero attached hydrogens (tertiary/aromatic N) is 1. The van der Waals surface area contributed by atoms with E-state index in [1.165, 1.54) is 5.57 Å². The van der Waals surface area contributed by atoms with Crippen LogP contribution in [0.5, 0.6) is 0 Å². The molecule has 1 saturated heterocycles. The Bertz CT molecular complexity index is 512. The predicted octanol–water partition coefficient (Wildman–Crippen LogP) is 3.09. The third-order valence-electron chi connectivity index (χ3n) is 5.05. The number of carbonyl (C=O) groups excluding carboxylic acids is 1. The first-order chi connectivity index (χ1) is 10.7. The van der Waals surface area contributed by atoms with E-state index in [1.807, 2.05) is 40.6 Å². The Labute approximate surface area is 146 Å². The summed E-state index contributed by atoms with van der Waals surface area (Å²) in [7, 11) is 1.68. The van der Waals surface area contributed by atoms with Gasteiger partial charge in [-0.05, 0) is 61.3 Å². The molecule has 0 atom stereocenters. The van der Waals surface area contributed by atoms with Gasteiger partial charge in [0.2, 0.25) is 0 Å². The molecule has 5 nitrogen and oxygen atoms in total. The Hall–Kier alpha value is -1.01. The highest BCUT2D eigenvalue weighted by Crippen LogP contribution is 2.51. The van der Waals surface area contributed by atoms with Gasteiger partial charge < -0.3 is 19.4 Å². The van der Waals surface area contributed by atoms with Gasteiger partial charge in [-0.2, -0.15) is 0 Å². The zero-order valence-electron chi connectivity index (χ0n) is 16.1. The number of carbonyl (C=O) groups is 1. The van der Waals surface area contributed by atoms with Crippen molar-refractivity contribution in [3.63, 3.8) is 0 Å². The molecule has 24 heavy (non-hydrogen) atoms. The fourth-order valence-electron chi connectivity index (χ4n) is 2.92. The maximum Gasteiger partial charge on any atom is 0.410 e. The molecule has 0 aromatic rings. The van der Waals surface area contributed by atoms with E-state index in [2.05, 4.69) is 0 Å². The van der Waals surface area contributed by atoms with E-state index in [4.69, 9.17) is 9.39 Å². The maximum atomic E-state index is 12.0. The van der Waals surface area contributed by atoms with Crippen LogP contribution in [0.4, 0.5) is 4.79 Å². The van der Waals surface area contributed by atoms with Crippen molar-refractivity contribution in [2.24, 2.45) is 5.41 Å². The van der Waals surface area contributed by atoms with Crippen molar-refractivity contribution in [3.05, 3.63) is 11.5 Å². The van der Waals surface area contributed by atoms with Gasteiger partial charge in [-0.3, -0.25) is 0 Å². The average molecular weight is 336 g/mol. The highest BCUT2D eigenvalue weighted by Gasteiger charge is 2.52. The molecule has 0 aromatic heterocycles. The Morgan fingerprint density at radius 2 is 1.71 bits per heavy atom. The first-order valence-electron chi connectivity index (χ1n) is 8.63. The minimum Gasteiger partial charge on any atom is -0.444 e. The van der Waals surface area contributed by atoms with Crippen LogP contribution in [0, 0.1) is 5.41 Å². The Kier molecular flexibility index (Phi) is 4.88. The summed E-state index contributed by atoms with van der Waals surface area (Å²) in [4.78, 5) is 13.7. The monoisotopic (exact) mass is 336 g/mol. The molecule has 6 heteroatoms. The lowest BCUT2D eigenvalue weighted by molar-refractivity contribution is -0.0895. The zero-order chi connectivity index (χ0) is 18.4. The average Bonchev–Trinajstić information content (AvgIpc) is 2.24. The summed E-state index contributed by atoms with van der Waals surface area (Å²) >= 11 is 0. The molecule has 1 aliphatic heterocycles. The molecule has 1 amide bonds. The van der Waals surface area contributed by atoms with E-state index in [1.54, 1.807) is 26.2 Å². The summed E-state index contributed by atoms with van der Waals surface area (Å²) in [5.41, 5.74) is -0.433. The minimum atomic E-state index is -0.912. The molecule has 0 aromatic carbocycles. The molecular formula is C18H31BNO4. The van der Waals surface area contributed by atoms with Crippen molar-refractivity contribution in [1.29, 1.82) is 0 Å². The molecule has 2 aliphatic rings. The molecule has 1 radical (unpaired) electrons. The van der Waals surface area contributed by atoms with Crippen LogP contribution in [-0.2, 0) is 9.39 Å². The largest absolute Gasteiger partial charge is 0.444 e. The number of ether oxygens (including phenoxy) is 1. The number of hydrogen-bond donors (Lipinski definition) is 1. The molecule has 1 heterocycles. The predicted molar refractivity (Wildman–Crippen MR) is 94.8 cm³/mol. The molecule has 0 bridgehead atoms. The van der Waals surface area contributed by atoms with E-state index in [0.29, 0.717) is 0 Å². The lowest BCUT2D eigenvalue weighted by atomic mass is 9.59. The van der Waals surface area contributed by atoms with Crippen LogP contribution in [0.1, 0.15) is 61.3 Å². The molecular weight excluding hydrogens is 305 g/mol. The quantitative estimate of drug-likeness (QED) is 0.802. The van der Waals surface area contributed by atoms with E-state index in [0.717, 1.165) is 25.9 Å². The number of likely N-dealkylation sites (tertiary alicyclic amines) is 1. The van der Waals surface area contributed by atoms with Crippen LogP contribution in [-0.4, -0.2) is 53.5 Å².